The molecule has 2 fully saturated rings. The number of ether oxygens (including phenoxy) is 2. The van der Waals surface area contributed by atoms with Crippen LogP contribution < -0.4 is 40.8 Å². The largest absolute Gasteiger partial charge is 0.457 e. The lowest BCUT2D eigenvalue weighted by Gasteiger charge is -2.35. The molecule has 0 spiro atoms. The topological polar surface area (TPSA) is 189 Å². The SMILES string of the molecule is N#Cc1ccc(N(C(=O)Nc2ccc(Oc3ccc4ncc(CN5CCNCC5)nc4c3)cc2)N(C(=O)Nc2cccc(C(F)(F)F)c2)c2ccc(Oc3ccc4ncc(CN5CCNCC5)nc4c3)cc2)cc1. The third kappa shape index (κ3) is 11.9. The van der Waals surface area contributed by atoms with Crippen molar-refractivity contribution in [1.29, 1.82) is 5.26 Å². The van der Waals surface area contributed by atoms with Gasteiger partial charge in [0.2, 0.25) is 0 Å². The van der Waals surface area contributed by atoms with Gasteiger partial charge in [0.15, 0.2) is 0 Å². The van der Waals surface area contributed by atoms with Crippen molar-refractivity contribution in [3.8, 4) is 29.1 Å². The second kappa shape index (κ2) is 21.9. The van der Waals surface area contributed by atoms with Crippen molar-refractivity contribution < 1.29 is 32.2 Å². The first-order chi connectivity index (χ1) is 36.0. The van der Waals surface area contributed by atoms with Crippen LogP contribution in [0.15, 0.2) is 146 Å². The van der Waals surface area contributed by atoms with Gasteiger partial charge in [-0.15, -0.1) is 0 Å². The van der Waals surface area contributed by atoms with Gasteiger partial charge in [-0.2, -0.15) is 28.5 Å². The van der Waals surface area contributed by atoms with Gasteiger partial charge in [-0.05, 0) is 115 Å². The maximum Gasteiger partial charge on any atom is 0.416 e. The second-order valence-electron chi connectivity index (χ2n) is 17.5. The van der Waals surface area contributed by atoms with Crippen molar-refractivity contribution in [3.63, 3.8) is 0 Å². The normalized spacial score (nSPS) is 14.2. The summed E-state index contributed by atoms with van der Waals surface area (Å²) < 4.78 is 54.0. The maximum absolute atomic E-state index is 14.7. The minimum Gasteiger partial charge on any atom is -0.457 e. The Hall–Kier alpha value is -8.74. The van der Waals surface area contributed by atoms with Gasteiger partial charge in [-0.3, -0.25) is 19.8 Å². The number of carbonyl (C=O) groups excluding carboxylic acids is 2. The Bertz CT molecular complexity index is 3330. The number of hydrogen-bond acceptors (Lipinski definition) is 13. The number of nitrogens with one attached hydrogen (secondary N) is 4. The molecule has 2 aliphatic rings. The first-order valence-electron chi connectivity index (χ1n) is 23.8. The summed E-state index contributed by atoms with van der Waals surface area (Å²) in [4.78, 5) is 52.8. The fourth-order valence-corrected chi connectivity index (χ4v) is 8.52. The van der Waals surface area contributed by atoms with Crippen molar-refractivity contribution in [3.05, 3.63) is 168 Å². The number of urea groups is 2. The summed E-state index contributed by atoms with van der Waals surface area (Å²) in [7, 11) is 0. The van der Waals surface area contributed by atoms with E-state index in [2.05, 4.69) is 41.0 Å². The van der Waals surface area contributed by atoms with Gasteiger partial charge in [-0.1, -0.05) is 6.07 Å². The second-order valence-corrected chi connectivity index (χ2v) is 17.5. The van der Waals surface area contributed by atoms with Gasteiger partial charge in [0.1, 0.15) is 23.0 Å². The van der Waals surface area contributed by atoms with Gasteiger partial charge >= 0.3 is 18.2 Å². The summed E-state index contributed by atoms with van der Waals surface area (Å²) in [6.07, 6.45) is -1.13. The van der Waals surface area contributed by atoms with E-state index >= 15 is 0 Å². The number of benzene rings is 6. The minimum absolute atomic E-state index is 0.114. The van der Waals surface area contributed by atoms with Crippen LogP contribution >= 0.6 is 0 Å². The molecule has 4 N–H and O–H groups in total. The van der Waals surface area contributed by atoms with Crippen LogP contribution in [0.2, 0.25) is 0 Å². The molecule has 4 heterocycles. The molecule has 4 amide bonds. The Balaban J connectivity index is 0.914. The highest BCUT2D eigenvalue weighted by atomic mass is 19.4. The van der Waals surface area contributed by atoms with Crippen molar-refractivity contribution in [2.24, 2.45) is 0 Å². The number of anilines is 4. The quantitative estimate of drug-likeness (QED) is 0.0848. The van der Waals surface area contributed by atoms with Crippen molar-refractivity contribution in [2.75, 3.05) is 73.0 Å². The molecule has 0 saturated carbocycles. The summed E-state index contributed by atoms with van der Waals surface area (Å²) in [5.41, 5.74) is 4.07. The summed E-state index contributed by atoms with van der Waals surface area (Å²) >= 11 is 0. The summed E-state index contributed by atoms with van der Waals surface area (Å²) in [5.74, 6) is 1.80. The van der Waals surface area contributed by atoms with Crippen LogP contribution in [0.1, 0.15) is 22.5 Å². The van der Waals surface area contributed by atoms with Gasteiger partial charge in [0.05, 0.1) is 74.4 Å². The molecular formula is C54H48F3N13O4. The Labute approximate surface area is 423 Å². The van der Waals surface area contributed by atoms with E-state index in [1.165, 1.54) is 48.5 Å². The zero-order chi connectivity index (χ0) is 51.0. The zero-order valence-electron chi connectivity index (χ0n) is 39.7. The average Bonchev–Trinajstić information content (AvgIpc) is 3.41. The number of alkyl halides is 3. The zero-order valence-corrected chi connectivity index (χ0v) is 39.7. The van der Waals surface area contributed by atoms with Gasteiger partial charge in [0, 0.05) is 89.0 Å². The number of hydrazine groups is 1. The Kier molecular flexibility index (Phi) is 14.5. The molecule has 6 aromatic carbocycles. The fourth-order valence-electron chi connectivity index (χ4n) is 8.52. The number of hydrogen-bond donors (Lipinski definition) is 4. The lowest BCUT2D eigenvalue weighted by atomic mass is 10.2. The molecule has 20 heteroatoms. The highest BCUT2D eigenvalue weighted by Gasteiger charge is 2.33. The number of amides is 4. The van der Waals surface area contributed by atoms with Crippen molar-refractivity contribution >= 4 is 56.9 Å². The molecular weight excluding hydrogens is 952 g/mol. The minimum atomic E-state index is -4.70. The van der Waals surface area contributed by atoms with Gasteiger partial charge in [0.25, 0.3) is 0 Å². The Morgan fingerprint density at radius 3 is 1.53 bits per heavy atom. The summed E-state index contributed by atoms with van der Waals surface area (Å²) in [5, 5.41) is 23.7. The highest BCUT2D eigenvalue weighted by molar-refractivity contribution is 6.13. The number of rotatable bonds is 12. The number of aromatic nitrogens is 4. The molecule has 2 saturated heterocycles. The molecule has 0 bridgehead atoms. The molecule has 17 nitrogen and oxygen atoms in total. The van der Waals surface area contributed by atoms with Crippen molar-refractivity contribution in [2.45, 2.75) is 19.3 Å². The molecule has 0 radical (unpaired) electrons. The molecule has 2 aliphatic heterocycles. The van der Waals surface area contributed by atoms with E-state index < -0.39 is 23.8 Å². The molecule has 0 atom stereocenters. The molecule has 2 aromatic heterocycles. The van der Waals surface area contributed by atoms with Crippen LogP contribution in [0, 0.1) is 11.3 Å². The van der Waals surface area contributed by atoms with E-state index in [4.69, 9.17) is 19.4 Å². The van der Waals surface area contributed by atoms with Crippen molar-refractivity contribution in [1.82, 2.24) is 40.4 Å². The van der Waals surface area contributed by atoms with Crippen LogP contribution in [0.4, 0.5) is 45.5 Å². The molecule has 8 aromatic rings. The van der Waals surface area contributed by atoms with Crippen LogP contribution in [-0.4, -0.2) is 94.2 Å². The standard InChI is InChI=1S/C54H48F3N13O4/c55-54(56,57)37-2-1-3-39(28-37)66-53(72)70(43-10-14-45(15-11-43)74-47-17-19-49-51(30-47)64-41(33-62-49)35-68-26-22-60-23-27-68)69(42-8-4-36(31-58)5-9-42)52(71)65-38-6-12-44(13-7-38)73-46-16-18-48-50(29-46)63-40(32-61-48)34-67-24-20-59-21-25-67/h1-19,28-30,32-33,59-60H,20-27,34-35H2,(H,65,71)(H,66,72). The molecule has 0 unspecified atom stereocenters. The predicted octanol–water partition coefficient (Wildman–Crippen LogP) is 9.55. The lowest BCUT2D eigenvalue weighted by Crippen LogP contribution is -2.53. The summed E-state index contributed by atoms with van der Waals surface area (Å²) in [6.45, 7) is 8.69. The Morgan fingerprint density at radius 2 is 1.04 bits per heavy atom. The number of halogens is 3. The highest BCUT2D eigenvalue weighted by Crippen LogP contribution is 2.34. The van der Waals surface area contributed by atoms with Gasteiger partial charge in [-0.25, -0.2) is 19.6 Å². The third-order valence-corrected chi connectivity index (χ3v) is 12.2. The monoisotopic (exact) mass is 999 g/mol. The fraction of sp³-hybridized carbons (Fsp3) is 0.204. The maximum atomic E-state index is 14.7. The smallest absolute Gasteiger partial charge is 0.416 e. The number of fused-ring (bicyclic) bond motifs is 2. The van der Waals surface area contributed by atoms with E-state index in [-0.39, 0.29) is 22.6 Å². The first kappa shape index (κ1) is 48.9. The van der Waals surface area contributed by atoms with E-state index in [0.717, 1.165) is 91.4 Å². The molecule has 374 valence electrons. The predicted molar refractivity (Wildman–Crippen MR) is 274 cm³/mol. The van der Waals surface area contributed by atoms with E-state index in [0.29, 0.717) is 58.3 Å². The van der Waals surface area contributed by atoms with Crippen LogP contribution in [0.25, 0.3) is 22.1 Å². The molecule has 74 heavy (non-hydrogen) atoms. The van der Waals surface area contributed by atoms with E-state index in [1.807, 2.05) is 18.2 Å². The van der Waals surface area contributed by atoms with Crippen LogP contribution in [0.3, 0.4) is 0 Å². The average molecular weight is 1000 g/mol. The number of piperazine rings is 2. The third-order valence-electron chi connectivity index (χ3n) is 12.2. The van der Waals surface area contributed by atoms with Gasteiger partial charge < -0.3 is 30.7 Å². The molecule has 10 rings (SSSR count). The first-order valence-corrected chi connectivity index (χ1v) is 23.8. The van der Waals surface area contributed by atoms with Crippen LogP contribution in [-0.2, 0) is 19.3 Å². The molecule has 0 aliphatic carbocycles. The summed E-state index contributed by atoms with van der Waals surface area (Å²) in [6, 6.07) is 33.8. The number of nitrogens with zero attached hydrogens (tertiary/aromatic N) is 9. The van der Waals surface area contributed by atoms with E-state index in [1.54, 1.807) is 73.1 Å². The van der Waals surface area contributed by atoms with E-state index in [9.17, 15) is 28.0 Å². The number of carbonyl (C=O) groups is 2. The van der Waals surface area contributed by atoms with Crippen LogP contribution in [0.5, 0.6) is 23.0 Å². The Morgan fingerprint density at radius 1 is 0.581 bits per heavy atom. The lowest BCUT2D eigenvalue weighted by molar-refractivity contribution is -0.137. The number of nitriles is 1.